The van der Waals surface area contributed by atoms with Gasteiger partial charge in [0.15, 0.2) is 6.79 Å². The maximum absolute atomic E-state index is 13.0. The molecule has 4 atom stereocenters. The molecule has 0 saturated carbocycles. The summed E-state index contributed by atoms with van der Waals surface area (Å²) in [7, 11) is 1.27. The number of carbonyl (C=O) groups is 3. The summed E-state index contributed by atoms with van der Waals surface area (Å²) in [4.78, 5) is 53.1. The Balaban J connectivity index is 1.17. The number of imidazole rings is 2. The molecule has 1 saturated heterocycles. The fourth-order valence-electron chi connectivity index (χ4n) is 5.55. The molecule has 3 heterocycles. The molecule has 0 radical (unpaired) electrons. The summed E-state index contributed by atoms with van der Waals surface area (Å²) >= 11 is 0. The molecule has 0 aliphatic carbocycles. The highest BCUT2D eigenvalue weighted by Gasteiger charge is 2.30. The number of methoxy groups -OCH3 is 1. The van der Waals surface area contributed by atoms with Crippen LogP contribution in [0.1, 0.15) is 71.2 Å². The molecule has 5 rings (SSSR count). The van der Waals surface area contributed by atoms with Crippen molar-refractivity contribution in [3.05, 3.63) is 72.6 Å². The van der Waals surface area contributed by atoms with E-state index in [1.165, 1.54) is 7.11 Å². The molecular weight excluding hydrogens is 640 g/mol. The number of rotatable bonds is 15. The molecule has 3 amide bonds. The molecule has 1 aliphatic heterocycles. The molecule has 50 heavy (non-hydrogen) atoms. The Morgan fingerprint density at radius 3 is 1.68 bits per heavy atom. The van der Waals surface area contributed by atoms with Crippen LogP contribution in [0.25, 0.3) is 33.6 Å². The van der Waals surface area contributed by atoms with E-state index < -0.39 is 30.6 Å². The topological polar surface area (TPSA) is 184 Å². The lowest BCUT2D eigenvalue weighted by molar-refractivity contribution is -0.335. The zero-order valence-electron chi connectivity index (χ0n) is 29.2. The highest BCUT2D eigenvalue weighted by atomic mass is 16.9. The summed E-state index contributed by atoms with van der Waals surface area (Å²) in [6.07, 6.45) is 3.50. The molecule has 2 aromatic carbocycles. The van der Waals surface area contributed by atoms with Gasteiger partial charge in [-0.2, -0.15) is 0 Å². The van der Waals surface area contributed by atoms with Crippen molar-refractivity contribution in [1.29, 1.82) is 0 Å². The van der Waals surface area contributed by atoms with Crippen LogP contribution in [0, 0.1) is 5.92 Å². The lowest BCUT2D eigenvalue weighted by Crippen LogP contribution is -2.56. The van der Waals surface area contributed by atoms with E-state index >= 15 is 0 Å². The highest BCUT2D eigenvalue weighted by molar-refractivity contribution is 5.86. The minimum atomic E-state index is -0.694. The van der Waals surface area contributed by atoms with Crippen molar-refractivity contribution in [2.45, 2.75) is 78.0 Å². The smallest absolute Gasteiger partial charge is 0.407 e. The van der Waals surface area contributed by atoms with Crippen LogP contribution >= 0.6 is 0 Å². The van der Waals surface area contributed by atoms with Gasteiger partial charge in [0.25, 0.3) is 0 Å². The zero-order chi connectivity index (χ0) is 35.8. The summed E-state index contributed by atoms with van der Waals surface area (Å²) in [5.41, 5.74) is 5.68. The molecule has 1 fully saturated rings. The fourth-order valence-corrected chi connectivity index (χ4v) is 5.55. The number of aromatic amines is 2. The van der Waals surface area contributed by atoms with Gasteiger partial charge in [0, 0.05) is 0 Å². The van der Waals surface area contributed by atoms with Crippen LogP contribution in [0.3, 0.4) is 0 Å². The average Bonchev–Trinajstić information content (AvgIpc) is 3.79. The van der Waals surface area contributed by atoms with Crippen LogP contribution in [0.5, 0.6) is 0 Å². The fraction of sp³-hybridized carbons (Fsp3) is 0.417. The first-order valence-electron chi connectivity index (χ1n) is 16.8. The number of ether oxygens (including phenoxy) is 3. The van der Waals surface area contributed by atoms with E-state index in [2.05, 4.69) is 58.1 Å². The summed E-state index contributed by atoms with van der Waals surface area (Å²) in [6, 6.07) is 14.4. The summed E-state index contributed by atoms with van der Waals surface area (Å²) in [5.74, 6) is 0.836. The standard InChI is InChI=1S/C36H46N8O6/c1-7-8-27(43-35(47)48-6)33(45)39-21(4)31-37-17-28(41-31)25-13-9-23(10-14-25)24-11-15-26(16-12-24)29-18-38-32(42-29)22(5)40-34(46)30(20(2)3)44-36-49-19-50-36/h9-18,20-22,27,30,36,44H,7-8,19H2,1-6H3,(H,37,41)(H,38,42)(H,39,45)(H,40,46)(H,43,47)/t21?,22-,27-,30-/m0/s1. The minimum Gasteiger partial charge on any atom is -0.453 e. The molecule has 266 valence electrons. The largest absolute Gasteiger partial charge is 0.453 e. The Morgan fingerprint density at radius 2 is 1.26 bits per heavy atom. The van der Waals surface area contributed by atoms with Crippen molar-refractivity contribution in [3.63, 3.8) is 0 Å². The first-order valence-corrected chi connectivity index (χ1v) is 16.8. The summed E-state index contributed by atoms with van der Waals surface area (Å²) in [6.45, 7) is 9.81. The normalized spacial score (nSPS) is 15.4. The molecule has 14 heteroatoms. The van der Waals surface area contributed by atoms with E-state index in [0.29, 0.717) is 18.1 Å². The van der Waals surface area contributed by atoms with Crippen LogP contribution in [0.15, 0.2) is 60.9 Å². The van der Waals surface area contributed by atoms with Gasteiger partial charge in [-0.1, -0.05) is 75.7 Å². The predicted molar refractivity (Wildman–Crippen MR) is 187 cm³/mol. The number of amides is 3. The van der Waals surface area contributed by atoms with Gasteiger partial charge in [-0.3, -0.25) is 14.9 Å². The van der Waals surface area contributed by atoms with Crippen molar-refractivity contribution in [2.24, 2.45) is 5.92 Å². The van der Waals surface area contributed by atoms with Crippen LogP contribution in [0.2, 0.25) is 0 Å². The molecule has 14 nitrogen and oxygen atoms in total. The van der Waals surface area contributed by atoms with Gasteiger partial charge in [-0.25, -0.2) is 14.8 Å². The van der Waals surface area contributed by atoms with Gasteiger partial charge in [0.05, 0.1) is 49.0 Å². The Bertz CT molecular complexity index is 1730. The lowest BCUT2D eigenvalue weighted by Gasteiger charge is -2.32. The van der Waals surface area contributed by atoms with E-state index in [1.807, 2.05) is 71.0 Å². The van der Waals surface area contributed by atoms with Crippen LogP contribution in [0.4, 0.5) is 4.79 Å². The Labute approximate surface area is 291 Å². The Kier molecular flexibility index (Phi) is 12.0. The molecule has 4 aromatic rings. The number of hydrogen-bond acceptors (Lipinski definition) is 9. The first-order chi connectivity index (χ1) is 24.1. The van der Waals surface area contributed by atoms with Crippen molar-refractivity contribution in [1.82, 2.24) is 41.2 Å². The van der Waals surface area contributed by atoms with E-state index in [-0.39, 0.29) is 30.6 Å². The third kappa shape index (κ3) is 8.94. The number of alkyl carbamates (subject to hydrolysis) is 1. The van der Waals surface area contributed by atoms with Gasteiger partial charge in [0.2, 0.25) is 18.2 Å². The van der Waals surface area contributed by atoms with Gasteiger partial charge < -0.3 is 40.1 Å². The predicted octanol–water partition coefficient (Wildman–Crippen LogP) is 4.92. The SMILES string of the molecule is CCC[C@H](NC(=O)OC)C(=O)NC(C)c1ncc(-c2ccc(-c3ccc(-c4cnc([C@H](C)NC(=O)[C@@H](NC5OCO5)C(C)C)[nH]4)cc3)cc2)[nH]1. The molecule has 2 aromatic heterocycles. The number of H-pyrrole nitrogens is 2. The van der Waals surface area contributed by atoms with E-state index in [1.54, 1.807) is 12.4 Å². The van der Waals surface area contributed by atoms with Gasteiger partial charge >= 0.3 is 6.09 Å². The van der Waals surface area contributed by atoms with Crippen LogP contribution in [-0.2, 0) is 23.8 Å². The van der Waals surface area contributed by atoms with Gasteiger partial charge in [-0.15, -0.1) is 0 Å². The number of carbonyl (C=O) groups excluding carboxylic acids is 3. The minimum absolute atomic E-state index is 0.0358. The Morgan fingerprint density at radius 1 is 0.780 bits per heavy atom. The quantitative estimate of drug-likeness (QED) is 0.101. The van der Waals surface area contributed by atoms with Crippen molar-refractivity contribution in [2.75, 3.05) is 13.9 Å². The second kappa shape index (κ2) is 16.6. The van der Waals surface area contributed by atoms with Crippen LogP contribution in [-0.4, -0.2) is 70.2 Å². The first kappa shape index (κ1) is 36.2. The summed E-state index contributed by atoms with van der Waals surface area (Å²) in [5, 5.41) is 11.6. The van der Waals surface area contributed by atoms with E-state index in [0.717, 1.165) is 40.1 Å². The van der Waals surface area contributed by atoms with Crippen LogP contribution < -0.4 is 21.3 Å². The van der Waals surface area contributed by atoms with Gasteiger partial charge in [-0.05, 0) is 48.4 Å². The second-order valence-electron chi connectivity index (χ2n) is 12.6. The number of benzene rings is 2. The van der Waals surface area contributed by atoms with Crippen molar-refractivity contribution < 1.29 is 28.6 Å². The van der Waals surface area contributed by atoms with Crippen molar-refractivity contribution in [3.8, 4) is 33.6 Å². The molecular formula is C36H46N8O6. The molecule has 0 bridgehead atoms. The average molecular weight is 687 g/mol. The number of nitrogens with zero attached hydrogens (tertiary/aromatic N) is 2. The monoisotopic (exact) mass is 686 g/mol. The maximum Gasteiger partial charge on any atom is 0.407 e. The molecule has 6 N–H and O–H groups in total. The third-order valence-electron chi connectivity index (χ3n) is 8.53. The molecule has 1 unspecified atom stereocenters. The zero-order valence-corrected chi connectivity index (χ0v) is 29.2. The third-order valence-corrected chi connectivity index (χ3v) is 8.53. The molecule has 1 aliphatic rings. The highest BCUT2D eigenvalue weighted by Crippen LogP contribution is 2.27. The Hall–Kier alpha value is -5.05. The summed E-state index contributed by atoms with van der Waals surface area (Å²) < 4.78 is 15.1. The second-order valence-corrected chi connectivity index (χ2v) is 12.6. The number of aromatic nitrogens is 4. The van der Waals surface area contributed by atoms with Crippen molar-refractivity contribution >= 4 is 17.9 Å². The van der Waals surface area contributed by atoms with E-state index in [9.17, 15) is 14.4 Å². The number of hydrogen-bond donors (Lipinski definition) is 6. The lowest BCUT2D eigenvalue weighted by atomic mass is 10.0. The maximum atomic E-state index is 13.0. The number of nitrogens with one attached hydrogen (secondary N) is 6. The van der Waals surface area contributed by atoms with E-state index in [4.69, 9.17) is 9.47 Å². The molecule has 0 spiro atoms. The van der Waals surface area contributed by atoms with Gasteiger partial charge in [0.1, 0.15) is 17.7 Å².